The Labute approximate surface area is 102 Å². The first-order valence-corrected chi connectivity index (χ1v) is 6.25. The van der Waals surface area contributed by atoms with Gasteiger partial charge in [-0.3, -0.25) is 9.59 Å². The summed E-state index contributed by atoms with van der Waals surface area (Å²) in [7, 11) is 0. The summed E-state index contributed by atoms with van der Waals surface area (Å²) in [5.74, 6) is -0.347. The Balaban J connectivity index is 2.47. The highest BCUT2D eigenvalue weighted by Crippen LogP contribution is 2.30. The van der Waals surface area contributed by atoms with Crippen LogP contribution in [0.3, 0.4) is 0 Å². The van der Waals surface area contributed by atoms with Crippen LogP contribution in [0.1, 0.15) is 45.4 Å². The fraction of sp³-hybridized carbons (Fsp3) is 0.769. The predicted molar refractivity (Wildman–Crippen MR) is 61.9 cm³/mol. The number of rotatable bonds is 5. The van der Waals surface area contributed by atoms with Gasteiger partial charge in [-0.1, -0.05) is 6.42 Å². The minimum atomic E-state index is -0.285. The van der Waals surface area contributed by atoms with Gasteiger partial charge >= 0.3 is 5.97 Å². The van der Waals surface area contributed by atoms with Crippen molar-refractivity contribution in [2.75, 3.05) is 6.61 Å². The number of hydrogen-bond donors (Lipinski definition) is 0. The molecule has 0 amide bonds. The molecule has 0 aromatic carbocycles. The lowest BCUT2D eigenvalue weighted by molar-refractivity contribution is -0.147. The van der Waals surface area contributed by atoms with E-state index in [2.05, 4.69) is 6.07 Å². The lowest BCUT2D eigenvalue weighted by atomic mass is 9.77. The van der Waals surface area contributed by atoms with Crippen LogP contribution < -0.4 is 0 Å². The van der Waals surface area contributed by atoms with Crippen molar-refractivity contribution in [2.24, 2.45) is 11.8 Å². The molecule has 0 aromatic heterocycles. The van der Waals surface area contributed by atoms with Crippen LogP contribution in [-0.2, 0) is 14.3 Å². The Morgan fingerprint density at radius 1 is 1.47 bits per heavy atom. The van der Waals surface area contributed by atoms with Gasteiger partial charge in [0.25, 0.3) is 0 Å². The third kappa shape index (κ3) is 4.18. The van der Waals surface area contributed by atoms with Crippen molar-refractivity contribution < 1.29 is 14.3 Å². The van der Waals surface area contributed by atoms with Gasteiger partial charge in [-0.15, -0.1) is 0 Å². The fourth-order valence-electron chi connectivity index (χ4n) is 2.38. The van der Waals surface area contributed by atoms with E-state index in [4.69, 9.17) is 10.00 Å². The van der Waals surface area contributed by atoms with E-state index in [-0.39, 0.29) is 30.0 Å². The highest BCUT2D eigenvalue weighted by molar-refractivity contribution is 5.87. The van der Waals surface area contributed by atoms with Crippen LogP contribution in [0, 0.1) is 23.2 Å². The van der Waals surface area contributed by atoms with Crippen molar-refractivity contribution in [2.45, 2.75) is 45.4 Å². The second-order valence-corrected chi connectivity index (χ2v) is 4.43. The largest absolute Gasteiger partial charge is 0.466 e. The molecule has 1 aliphatic carbocycles. The van der Waals surface area contributed by atoms with Gasteiger partial charge in [0.1, 0.15) is 5.78 Å². The summed E-state index contributed by atoms with van der Waals surface area (Å²) in [4.78, 5) is 23.4. The molecule has 4 nitrogen and oxygen atoms in total. The summed E-state index contributed by atoms with van der Waals surface area (Å²) in [5, 5.41) is 8.53. The molecule has 4 heteroatoms. The number of ether oxygens (including phenoxy) is 1. The highest BCUT2D eigenvalue weighted by Gasteiger charge is 2.32. The maximum absolute atomic E-state index is 12.1. The normalized spacial score (nSPS) is 24.1. The fourth-order valence-corrected chi connectivity index (χ4v) is 2.38. The van der Waals surface area contributed by atoms with Crippen LogP contribution in [-0.4, -0.2) is 18.4 Å². The number of carbonyl (C=O) groups excluding carboxylic acids is 2. The average Bonchev–Trinajstić information content (AvgIpc) is 2.30. The monoisotopic (exact) mass is 237 g/mol. The van der Waals surface area contributed by atoms with Crippen LogP contribution in [0.15, 0.2) is 0 Å². The molecule has 0 bridgehead atoms. The van der Waals surface area contributed by atoms with E-state index in [9.17, 15) is 9.59 Å². The zero-order chi connectivity index (χ0) is 12.7. The molecular formula is C13H19NO3. The number of Topliss-reactive ketones (excluding diaryl/α,β-unsaturated/α-hetero) is 1. The van der Waals surface area contributed by atoms with Crippen molar-refractivity contribution in [1.29, 1.82) is 5.26 Å². The van der Waals surface area contributed by atoms with E-state index in [1.807, 2.05) is 0 Å². The lowest BCUT2D eigenvalue weighted by Gasteiger charge is -2.26. The van der Waals surface area contributed by atoms with Gasteiger partial charge in [0, 0.05) is 18.3 Å². The van der Waals surface area contributed by atoms with Gasteiger partial charge in [0.15, 0.2) is 0 Å². The predicted octanol–water partition coefficient (Wildman–Crippen LogP) is 2.23. The van der Waals surface area contributed by atoms with Crippen LogP contribution >= 0.6 is 0 Å². The molecule has 0 saturated heterocycles. The van der Waals surface area contributed by atoms with Gasteiger partial charge in [0.2, 0.25) is 0 Å². The number of hydrogen-bond acceptors (Lipinski definition) is 4. The van der Waals surface area contributed by atoms with Gasteiger partial charge in [0.05, 0.1) is 19.1 Å². The van der Waals surface area contributed by atoms with Crippen LogP contribution in [0.4, 0.5) is 0 Å². The standard InChI is InChI=1S/C13H19NO3/c1-2-17-12(15)9-11-6-3-5-10(13(11)16)7-4-8-14/h10-11H,2-7,9H2,1H3/t10-,11-/m1/s1. The second kappa shape index (κ2) is 7.05. The Morgan fingerprint density at radius 3 is 2.82 bits per heavy atom. The van der Waals surface area contributed by atoms with E-state index in [1.54, 1.807) is 6.92 Å². The molecule has 0 N–H and O–H groups in total. The second-order valence-electron chi connectivity index (χ2n) is 4.43. The van der Waals surface area contributed by atoms with Crippen molar-refractivity contribution >= 4 is 11.8 Å². The Kier molecular flexibility index (Phi) is 5.68. The third-order valence-corrected chi connectivity index (χ3v) is 3.23. The summed E-state index contributed by atoms with van der Waals surface area (Å²) < 4.78 is 4.87. The van der Waals surface area contributed by atoms with Crippen molar-refractivity contribution in [3.05, 3.63) is 0 Å². The smallest absolute Gasteiger partial charge is 0.306 e. The van der Waals surface area contributed by atoms with Crippen molar-refractivity contribution in [1.82, 2.24) is 0 Å². The molecule has 1 aliphatic rings. The van der Waals surface area contributed by atoms with E-state index in [0.29, 0.717) is 19.4 Å². The molecule has 0 aromatic rings. The van der Waals surface area contributed by atoms with Gasteiger partial charge in [-0.2, -0.15) is 5.26 Å². The minimum absolute atomic E-state index is 0.0252. The van der Waals surface area contributed by atoms with Crippen LogP contribution in [0.2, 0.25) is 0 Å². The molecular weight excluding hydrogens is 218 g/mol. The summed E-state index contributed by atoms with van der Waals surface area (Å²) in [6, 6.07) is 2.07. The molecule has 1 rings (SSSR count). The maximum atomic E-state index is 12.1. The third-order valence-electron chi connectivity index (χ3n) is 3.23. The quantitative estimate of drug-likeness (QED) is 0.688. The minimum Gasteiger partial charge on any atom is -0.466 e. The Morgan fingerprint density at radius 2 is 2.18 bits per heavy atom. The van der Waals surface area contributed by atoms with Gasteiger partial charge < -0.3 is 4.74 Å². The molecule has 0 aliphatic heterocycles. The molecule has 2 atom stereocenters. The SMILES string of the molecule is CCOC(=O)C[C@H]1CCC[C@H](CCC#N)C1=O. The van der Waals surface area contributed by atoms with Crippen molar-refractivity contribution in [3.63, 3.8) is 0 Å². The van der Waals surface area contributed by atoms with Gasteiger partial charge in [-0.25, -0.2) is 0 Å². The number of nitriles is 1. The number of esters is 1. The lowest BCUT2D eigenvalue weighted by Crippen LogP contribution is -2.30. The van der Waals surface area contributed by atoms with E-state index in [0.717, 1.165) is 19.3 Å². The molecule has 17 heavy (non-hydrogen) atoms. The molecule has 1 fully saturated rings. The highest BCUT2D eigenvalue weighted by atomic mass is 16.5. The van der Waals surface area contributed by atoms with E-state index < -0.39 is 0 Å². The average molecular weight is 237 g/mol. The Bertz CT molecular complexity index is 319. The summed E-state index contributed by atoms with van der Waals surface area (Å²) >= 11 is 0. The van der Waals surface area contributed by atoms with Crippen LogP contribution in [0.5, 0.6) is 0 Å². The summed E-state index contributed by atoms with van der Waals surface area (Å²) in [6.45, 7) is 2.12. The first kappa shape index (κ1) is 13.7. The van der Waals surface area contributed by atoms with Crippen molar-refractivity contribution in [3.8, 4) is 6.07 Å². The topological polar surface area (TPSA) is 67.2 Å². The number of ketones is 1. The zero-order valence-corrected chi connectivity index (χ0v) is 10.3. The number of nitrogens with zero attached hydrogens (tertiary/aromatic N) is 1. The number of carbonyl (C=O) groups is 2. The Hall–Kier alpha value is -1.37. The first-order chi connectivity index (χ1) is 8.19. The molecule has 0 spiro atoms. The zero-order valence-electron chi connectivity index (χ0n) is 10.3. The first-order valence-electron chi connectivity index (χ1n) is 6.25. The maximum Gasteiger partial charge on any atom is 0.306 e. The van der Waals surface area contributed by atoms with Crippen LogP contribution in [0.25, 0.3) is 0 Å². The molecule has 1 saturated carbocycles. The van der Waals surface area contributed by atoms with E-state index >= 15 is 0 Å². The van der Waals surface area contributed by atoms with Gasteiger partial charge in [-0.05, 0) is 26.2 Å². The summed E-state index contributed by atoms with van der Waals surface area (Å²) in [5.41, 5.74) is 0. The molecule has 0 radical (unpaired) electrons. The molecule has 94 valence electrons. The molecule has 0 unspecified atom stereocenters. The summed E-state index contributed by atoms with van der Waals surface area (Å²) in [6.07, 6.45) is 3.86. The molecule has 0 heterocycles. The van der Waals surface area contributed by atoms with E-state index in [1.165, 1.54) is 0 Å².